The maximum absolute atomic E-state index is 10.4. The number of hydrogen-bond acceptors (Lipinski definition) is 3. The molecule has 4 heteroatoms. The van der Waals surface area contributed by atoms with Crippen LogP contribution < -0.4 is 0 Å². The van der Waals surface area contributed by atoms with Crippen molar-refractivity contribution in [1.29, 1.82) is 5.26 Å². The fraction of sp³-hybridized carbons (Fsp3) is 0. The first-order valence-corrected chi connectivity index (χ1v) is 3.68. The summed E-state index contributed by atoms with van der Waals surface area (Å²) in [5.41, 5.74) is 0.392. The SMILES string of the molecule is N#Cc1cc(C(=O)Cl)cs1. The second kappa shape index (κ2) is 2.82. The van der Waals surface area contributed by atoms with Gasteiger partial charge in [0.15, 0.2) is 0 Å². The van der Waals surface area contributed by atoms with Gasteiger partial charge in [0, 0.05) is 10.9 Å². The molecule has 0 saturated carbocycles. The molecule has 2 nitrogen and oxygen atoms in total. The van der Waals surface area contributed by atoms with Gasteiger partial charge in [0.2, 0.25) is 0 Å². The lowest BCUT2D eigenvalue weighted by molar-refractivity contribution is 0.108. The Morgan fingerprint density at radius 1 is 1.80 bits per heavy atom. The van der Waals surface area contributed by atoms with Gasteiger partial charge in [0.25, 0.3) is 5.24 Å². The molecule has 10 heavy (non-hydrogen) atoms. The van der Waals surface area contributed by atoms with E-state index in [4.69, 9.17) is 16.9 Å². The van der Waals surface area contributed by atoms with E-state index in [1.165, 1.54) is 17.4 Å². The van der Waals surface area contributed by atoms with Crippen molar-refractivity contribution in [3.05, 3.63) is 21.9 Å². The Hall–Kier alpha value is -0.850. The van der Waals surface area contributed by atoms with Gasteiger partial charge in [-0.1, -0.05) is 0 Å². The van der Waals surface area contributed by atoms with Crippen molar-refractivity contribution in [3.8, 4) is 6.07 Å². The molecular weight excluding hydrogens is 170 g/mol. The highest BCUT2D eigenvalue weighted by molar-refractivity contribution is 7.11. The van der Waals surface area contributed by atoms with Gasteiger partial charge in [0.05, 0.1) is 0 Å². The molecule has 0 unspecified atom stereocenters. The van der Waals surface area contributed by atoms with Crippen molar-refractivity contribution in [2.24, 2.45) is 0 Å². The highest BCUT2D eigenvalue weighted by atomic mass is 35.5. The topological polar surface area (TPSA) is 40.9 Å². The zero-order chi connectivity index (χ0) is 7.56. The Bertz CT molecular complexity index is 299. The summed E-state index contributed by atoms with van der Waals surface area (Å²) in [4.78, 5) is 10.9. The van der Waals surface area contributed by atoms with E-state index in [0.29, 0.717) is 10.4 Å². The number of carbonyl (C=O) groups excluding carboxylic acids is 1. The molecule has 0 spiro atoms. The van der Waals surface area contributed by atoms with Crippen molar-refractivity contribution < 1.29 is 4.79 Å². The van der Waals surface area contributed by atoms with Gasteiger partial charge in [-0.05, 0) is 17.7 Å². The quantitative estimate of drug-likeness (QED) is 0.607. The highest BCUT2D eigenvalue weighted by Crippen LogP contribution is 2.14. The first-order valence-electron chi connectivity index (χ1n) is 2.42. The van der Waals surface area contributed by atoms with Crippen LogP contribution in [0.2, 0.25) is 0 Å². The van der Waals surface area contributed by atoms with Crippen molar-refractivity contribution in [2.45, 2.75) is 0 Å². The summed E-state index contributed by atoms with van der Waals surface area (Å²) >= 11 is 6.34. The highest BCUT2D eigenvalue weighted by Gasteiger charge is 2.03. The zero-order valence-electron chi connectivity index (χ0n) is 4.80. The van der Waals surface area contributed by atoms with Crippen LogP contribution in [0, 0.1) is 11.3 Å². The van der Waals surface area contributed by atoms with Gasteiger partial charge in [-0.15, -0.1) is 11.3 Å². The third kappa shape index (κ3) is 1.35. The second-order valence-corrected chi connectivity index (χ2v) is 2.84. The smallest absolute Gasteiger partial charge is 0.253 e. The van der Waals surface area contributed by atoms with E-state index >= 15 is 0 Å². The summed E-state index contributed by atoms with van der Waals surface area (Å²) in [6.07, 6.45) is 0. The number of nitrogens with zero attached hydrogens (tertiary/aromatic N) is 1. The summed E-state index contributed by atoms with van der Waals surface area (Å²) in [5.74, 6) is 0. The van der Waals surface area contributed by atoms with Crippen LogP contribution in [0.25, 0.3) is 0 Å². The predicted octanol–water partition coefficient (Wildman–Crippen LogP) is 2.00. The molecule has 0 aliphatic heterocycles. The number of halogens is 1. The van der Waals surface area contributed by atoms with Gasteiger partial charge in [0.1, 0.15) is 10.9 Å². The molecule has 0 bridgehead atoms. The first-order chi connectivity index (χ1) is 4.74. The summed E-state index contributed by atoms with van der Waals surface area (Å²) in [5, 5.41) is 9.39. The standard InChI is InChI=1S/C6H2ClNOS/c7-6(9)4-1-5(2-8)10-3-4/h1,3H. The van der Waals surface area contributed by atoms with Crippen LogP contribution in [0.3, 0.4) is 0 Å². The Balaban J connectivity index is 3.02. The third-order valence-electron chi connectivity index (χ3n) is 0.937. The number of carbonyl (C=O) groups is 1. The van der Waals surface area contributed by atoms with Crippen molar-refractivity contribution in [2.75, 3.05) is 0 Å². The second-order valence-electron chi connectivity index (χ2n) is 1.59. The summed E-state index contributed by atoms with van der Waals surface area (Å²) in [6, 6.07) is 3.38. The first kappa shape index (κ1) is 7.26. The van der Waals surface area contributed by atoms with E-state index in [1.54, 1.807) is 5.38 Å². The maximum Gasteiger partial charge on any atom is 0.253 e. The summed E-state index contributed by atoms with van der Waals surface area (Å²) in [7, 11) is 0. The van der Waals surface area contributed by atoms with E-state index in [9.17, 15) is 4.79 Å². The Morgan fingerprint density at radius 3 is 2.80 bits per heavy atom. The van der Waals surface area contributed by atoms with Crippen molar-refractivity contribution >= 4 is 28.2 Å². The van der Waals surface area contributed by atoms with E-state index in [0.717, 1.165) is 0 Å². The lowest BCUT2D eigenvalue weighted by Crippen LogP contribution is -1.81. The van der Waals surface area contributed by atoms with Gasteiger partial charge < -0.3 is 0 Å². The molecule has 1 aromatic heterocycles. The van der Waals surface area contributed by atoms with E-state index < -0.39 is 5.24 Å². The van der Waals surface area contributed by atoms with Gasteiger partial charge in [-0.25, -0.2) is 0 Å². The van der Waals surface area contributed by atoms with E-state index in [2.05, 4.69) is 0 Å². The Morgan fingerprint density at radius 2 is 2.50 bits per heavy atom. The van der Waals surface area contributed by atoms with Crippen molar-refractivity contribution in [1.82, 2.24) is 0 Å². The molecule has 50 valence electrons. The van der Waals surface area contributed by atoms with Crippen LogP contribution in [0.15, 0.2) is 11.4 Å². The third-order valence-corrected chi connectivity index (χ3v) is 1.99. The minimum Gasteiger partial charge on any atom is -0.276 e. The fourth-order valence-corrected chi connectivity index (χ4v) is 1.35. The minimum atomic E-state index is -0.516. The van der Waals surface area contributed by atoms with Crippen LogP contribution in [-0.2, 0) is 0 Å². The minimum absolute atomic E-state index is 0.392. The molecule has 1 rings (SSSR count). The van der Waals surface area contributed by atoms with Gasteiger partial charge >= 0.3 is 0 Å². The molecule has 1 heterocycles. The summed E-state index contributed by atoms with van der Waals surface area (Å²) < 4.78 is 0. The molecule has 0 N–H and O–H groups in total. The lowest BCUT2D eigenvalue weighted by Gasteiger charge is -1.77. The van der Waals surface area contributed by atoms with Crippen LogP contribution >= 0.6 is 22.9 Å². The van der Waals surface area contributed by atoms with Crippen molar-refractivity contribution in [3.63, 3.8) is 0 Å². The Labute approximate surface area is 66.7 Å². The number of hydrogen-bond donors (Lipinski definition) is 0. The van der Waals surface area contributed by atoms with E-state index in [1.807, 2.05) is 6.07 Å². The predicted molar refractivity (Wildman–Crippen MR) is 39.2 cm³/mol. The molecule has 0 saturated heterocycles. The average molecular weight is 172 g/mol. The van der Waals surface area contributed by atoms with Crippen LogP contribution in [-0.4, -0.2) is 5.24 Å². The van der Waals surface area contributed by atoms with Crippen LogP contribution in [0.1, 0.15) is 15.2 Å². The average Bonchev–Trinajstić information content (AvgIpc) is 2.34. The van der Waals surface area contributed by atoms with Crippen LogP contribution in [0.5, 0.6) is 0 Å². The molecule has 0 fully saturated rings. The van der Waals surface area contributed by atoms with Gasteiger partial charge in [-0.3, -0.25) is 4.79 Å². The molecular formula is C6H2ClNOS. The molecule has 1 aromatic rings. The summed E-state index contributed by atoms with van der Waals surface area (Å²) in [6.45, 7) is 0. The normalized spacial score (nSPS) is 8.80. The largest absolute Gasteiger partial charge is 0.276 e. The van der Waals surface area contributed by atoms with Gasteiger partial charge in [-0.2, -0.15) is 5.26 Å². The fourth-order valence-electron chi connectivity index (χ4n) is 0.498. The molecule has 0 radical (unpaired) electrons. The molecule has 0 aliphatic rings. The number of thiophene rings is 1. The molecule has 0 aliphatic carbocycles. The zero-order valence-corrected chi connectivity index (χ0v) is 6.37. The monoisotopic (exact) mass is 171 g/mol. The number of rotatable bonds is 1. The van der Waals surface area contributed by atoms with Crippen LogP contribution in [0.4, 0.5) is 0 Å². The molecule has 0 aromatic carbocycles. The lowest BCUT2D eigenvalue weighted by atomic mass is 10.3. The molecule has 0 atom stereocenters. The molecule has 0 amide bonds. The Kier molecular flexibility index (Phi) is 2.05. The maximum atomic E-state index is 10.4. The van der Waals surface area contributed by atoms with E-state index in [-0.39, 0.29) is 0 Å². The number of nitriles is 1.